The van der Waals surface area contributed by atoms with E-state index < -0.39 is 0 Å². The first-order valence-electron chi connectivity index (χ1n) is 6.72. The fourth-order valence-electron chi connectivity index (χ4n) is 2.08. The first-order chi connectivity index (χ1) is 8.71. The molecule has 100 valence electrons. The lowest BCUT2D eigenvalue weighted by Crippen LogP contribution is -2.30. The molecule has 0 radical (unpaired) electrons. The van der Waals surface area contributed by atoms with Gasteiger partial charge in [0.05, 0.1) is 7.11 Å². The van der Waals surface area contributed by atoms with Gasteiger partial charge >= 0.3 is 0 Å². The van der Waals surface area contributed by atoms with Crippen LogP contribution < -0.4 is 10.1 Å². The number of hydrogen-bond acceptors (Lipinski definition) is 2. The van der Waals surface area contributed by atoms with Crippen LogP contribution in [0.25, 0.3) is 0 Å². The molecule has 0 aliphatic heterocycles. The van der Waals surface area contributed by atoms with Crippen LogP contribution in [0.15, 0.2) is 36.9 Å². The Morgan fingerprint density at radius 2 is 2.00 bits per heavy atom. The maximum Gasteiger partial charge on any atom is 0.118 e. The molecule has 0 heterocycles. The van der Waals surface area contributed by atoms with Crippen LogP contribution in [0.1, 0.15) is 44.7 Å². The van der Waals surface area contributed by atoms with E-state index in [1.165, 1.54) is 5.56 Å². The van der Waals surface area contributed by atoms with Crippen LogP contribution in [0.2, 0.25) is 0 Å². The summed E-state index contributed by atoms with van der Waals surface area (Å²) < 4.78 is 5.19. The van der Waals surface area contributed by atoms with Gasteiger partial charge in [0.2, 0.25) is 0 Å². The maximum absolute atomic E-state index is 5.19. The fourth-order valence-corrected chi connectivity index (χ4v) is 2.08. The molecule has 2 nitrogen and oxygen atoms in total. The third-order valence-corrected chi connectivity index (χ3v) is 3.22. The van der Waals surface area contributed by atoms with Crippen LogP contribution in [0.5, 0.6) is 5.75 Å². The lowest BCUT2D eigenvalue weighted by atomic mass is 10.0. The quantitative estimate of drug-likeness (QED) is 0.699. The first-order valence-corrected chi connectivity index (χ1v) is 6.72. The average Bonchev–Trinajstić information content (AvgIpc) is 2.42. The van der Waals surface area contributed by atoms with Gasteiger partial charge in [-0.15, -0.1) is 6.58 Å². The summed E-state index contributed by atoms with van der Waals surface area (Å²) in [5.41, 5.74) is 1.32. The Bertz CT molecular complexity index is 345. The summed E-state index contributed by atoms with van der Waals surface area (Å²) in [6.07, 6.45) is 5.26. The van der Waals surface area contributed by atoms with Gasteiger partial charge in [-0.05, 0) is 43.9 Å². The van der Waals surface area contributed by atoms with Crippen LogP contribution in [0.4, 0.5) is 0 Å². The van der Waals surface area contributed by atoms with Gasteiger partial charge in [0.1, 0.15) is 5.75 Å². The standard InChI is InChI=1S/C16H25NO/c1-5-7-8-13(3)17-16(6-2)14-9-11-15(18-4)12-10-14/h5,9-13,16-17H,1,6-8H2,2-4H3. The minimum atomic E-state index is 0.413. The van der Waals surface area contributed by atoms with E-state index in [1.54, 1.807) is 7.11 Å². The Morgan fingerprint density at radius 3 is 2.50 bits per heavy atom. The zero-order valence-electron chi connectivity index (χ0n) is 11.8. The highest BCUT2D eigenvalue weighted by Gasteiger charge is 2.11. The van der Waals surface area contributed by atoms with E-state index in [9.17, 15) is 0 Å². The number of benzene rings is 1. The molecule has 0 saturated carbocycles. The third kappa shape index (κ3) is 4.53. The maximum atomic E-state index is 5.19. The molecule has 2 heteroatoms. The topological polar surface area (TPSA) is 21.3 Å². The van der Waals surface area contributed by atoms with E-state index in [2.05, 4.69) is 37.9 Å². The molecule has 0 aromatic heterocycles. The molecule has 0 fully saturated rings. The van der Waals surface area contributed by atoms with Gasteiger partial charge in [0, 0.05) is 12.1 Å². The van der Waals surface area contributed by atoms with Gasteiger partial charge in [-0.25, -0.2) is 0 Å². The van der Waals surface area contributed by atoms with Gasteiger partial charge < -0.3 is 10.1 Å². The molecule has 1 rings (SSSR count). The van der Waals surface area contributed by atoms with E-state index in [1.807, 2.05) is 18.2 Å². The van der Waals surface area contributed by atoms with Crippen molar-refractivity contribution in [1.82, 2.24) is 5.32 Å². The average molecular weight is 247 g/mol. The molecule has 0 amide bonds. The molecule has 1 N–H and O–H groups in total. The largest absolute Gasteiger partial charge is 0.497 e. The number of methoxy groups -OCH3 is 1. The van der Waals surface area contributed by atoms with Gasteiger partial charge in [0.15, 0.2) is 0 Å². The van der Waals surface area contributed by atoms with Gasteiger partial charge in [-0.3, -0.25) is 0 Å². The second-order valence-electron chi connectivity index (χ2n) is 4.67. The lowest BCUT2D eigenvalue weighted by molar-refractivity contribution is 0.412. The highest BCUT2D eigenvalue weighted by molar-refractivity contribution is 5.29. The van der Waals surface area contributed by atoms with Crippen molar-refractivity contribution in [2.45, 2.75) is 45.2 Å². The van der Waals surface area contributed by atoms with Crippen LogP contribution in [0, 0.1) is 0 Å². The van der Waals surface area contributed by atoms with E-state index >= 15 is 0 Å². The summed E-state index contributed by atoms with van der Waals surface area (Å²) in [7, 11) is 1.70. The lowest BCUT2D eigenvalue weighted by Gasteiger charge is -2.22. The molecule has 0 saturated heterocycles. The molecule has 18 heavy (non-hydrogen) atoms. The zero-order valence-corrected chi connectivity index (χ0v) is 11.8. The molecule has 2 atom stereocenters. The summed E-state index contributed by atoms with van der Waals surface area (Å²) in [4.78, 5) is 0. The van der Waals surface area contributed by atoms with E-state index in [0.29, 0.717) is 12.1 Å². The van der Waals surface area contributed by atoms with Crippen molar-refractivity contribution in [2.75, 3.05) is 7.11 Å². The van der Waals surface area contributed by atoms with Crippen LogP contribution in [-0.4, -0.2) is 13.2 Å². The van der Waals surface area contributed by atoms with E-state index in [-0.39, 0.29) is 0 Å². The second kappa shape index (κ2) is 7.93. The number of ether oxygens (including phenoxy) is 1. The van der Waals surface area contributed by atoms with Gasteiger partial charge in [-0.2, -0.15) is 0 Å². The third-order valence-electron chi connectivity index (χ3n) is 3.22. The van der Waals surface area contributed by atoms with Crippen molar-refractivity contribution in [3.05, 3.63) is 42.5 Å². The van der Waals surface area contributed by atoms with Gasteiger partial charge in [-0.1, -0.05) is 25.1 Å². The van der Waals surface area contributed by atoms with Crippen molar-refractivity contribution < 1.29 is 4.74 Å². The smallest absolute Gasteiger partial charge is 0.118 e. The van der Waals surface area contributed by atoms with E-state index in [4.69, 9.17) is 4.74 Å². The van der Waals surface area contributed by atoms with Crippen molar-refractivity contribution in [2.24, 2.45) is 0 Å². The van der Waals surface area contributed by atoms with Gasteiger partial charge in [0.25, 0.3) is 0 Å². The zero-order chi connectivity index (χ0) is 13.4. The highest BCUT2D eigenvalue weighted by atomic mass is 16.5. The summed E-state index contributed by atoms with van der Waals surface area (Å²) in [5, 5.41) is 3.67. The van der Waals surface area contributed by atoms with Crippen molar-refractivity contribution in [3.63, 3.8) is 0 Å². The van der Waals surface area contributed by atoms with E-state index in [0.717, 1.165) is 25.0 Å². The molecular formula is C16H25NO. The molecule has 1 aromatic rings. The highest BCUT2D eigenvalue weighted by Crippen LogP contribution is 2.21. The normalized spacial score (nSPS) is 13.9. The number of nitrogens with one attached hydrogen (secondary N) is 1. The monoisotopic (exact) mass is 247 g/mol. The summed E-state index contributed by atoms with van der Waals surface area (Å²) >= 11 is 0. The number of rotatable bonds is 8. The minimum Gasteiger partial charge on any atom is -0.497 e. The minimum absolute atomic E-state index is 0.413. The predicted molar refractivity (Wildman–Crippen MR) is 78.1 cm³/mol. The number of hydrogen-bond donors (Lipinski definition) is 1. The number of allylic oxidation sites excluding steroid dienone is 1. The van der Waals surface area contributed by atoms with Crippen molar-refractivity contribution in [3.8, 4) is 5.75 Å². The first kappa shape index (κ1) is 14.8. The second-order valence-corrected chi connectivity index (χ2v) is 4.67. The van der Waals surface area contributed by atoms with Crippen molar-refractivity contribution >= 4 is 0 Å². The summed E-state index contributed by atoms with van der Waals surface area (Å²) in [6.45, 7) is 8.21. The Balaban J connectivity index is 2.61. The molecule has 0 spiro atoms. The molecule has 1 aromatic carbocycles. The molecule has 0 aliphatic carbocycles. The fraction of sp³-hybridized carbons (Fsp3) is 0.500. The Kier molecular flexibility index (Phi) is 6.51. The van der Waals surface area contributed by atoms with Crippen molar-refractivity contribution in [1.29, 1.82) is 0 Å². The predicted octanol–water partition coefficient (Wildman–Crippen LogP) is 4.09. The molecule has 0 aliphatic rings. The SMILES string of the molecule is C=CCCC(C)NC(CC)c1ccc(OC)cc1. The Morgan fingerprint density at radius 1 is 1.33 bits per heavy atom. The Hall–Kier alpha value is -1.28. The molecule has 0 bridgehead atoms. The summed E-state index contributed by atoms with van der Waals surface area (Å²) in [6, 6.07) is 9.24. The molecule has 2 unspecified atom stereocenters. The van der Waals surface area contributed by atoms with Crippen LogP contribution in [0.3, 0.4) is 0 Å². The Labute approximate surface area is 111 Å². The van der Waals surface area contributed by atoms with Crippen LogP contribution >= 0.6 is 0 Å². The van der Waals surface area contributed by atoms with Crippen LogP contribution in [-0.2, 0) is 0 Å². The molecular weight excluding hydrogens is 222 g/mol. The summed E-state index contributed by atoms with van der Waals surface area (Å²) in [5.74, 6) is 0.910.